The van der Waals surface area contributed by atoms with Crippen LogP contribution in [0.2, 0.25) is 0 Å². The highest BCUT2D eigenvalue weighted by Gasteiger charge is 2.22. The van der Waals surface area contributed by atoms with Crippen LogP contribution in [-0.4, -0.2) is 33.8 Å². The predicted octanol–water partition coefficient (Wildman–Crippen LogP) is 2.63. The second kappa shape index (κ2) is 8.31. The highest BCUT2D eigenvalue weighted by Crippen LogP contribution is 2.25. The highest BCUT2D eigenvalue weighted by molar-refractivity contribution is 6.08. The van der Waals surface area contributed by atoms with Crippen molar-refractivity contribution < 1.29 is 14.1 Å². The molecule has 0 aliphatic heterocycles. The number of benzene rings is 1. The van der Waals surface area contributed by atoms with E-state index < -0.39 is 0 Å². The summed E-state index contributed by atoms with van der Waals surface area (Å²) in [4.78, 5) is 24.0. The summed E-state index contributed by atoms with van der Waals surface area (Å²) in [5.74, 6) is 0.133. The van der Waals surface area contributed by atoms with E-state index in [1.54, 1.807) is 31.0 Å². The van der Waals surface area contributed by atoms with Crippen LogP contribution in [0.4, 0.5) is 5.69 Å². The lowest BCUT2D eigenvalue weighted by atomic mass is 10.1. The molecule has 2 amide bonds. The molecular formula is C19H21N5O3. The minimum Gasteiger partial charge on any atom is -0.360 e. The average Bonchev–Trinajstić information content (AvgIpc) is 3.28. The van der Waals surface area contributed by atoms with Gasteiger partial charge in [-0.15, -0.1) is 0 Å². The molecule has 27 heavy (non-hydrogen) atoms. The van der Waals surface area contributed by atoms with Gasteiger partial charge in [-0.25, -0.2) is 0 Å². The Morgan fingerprint density at radius 3 is 2.74 bits per heavy atom. The van der Waals surface area contributed by atoms with Crippen molar-refractivity contribution in [2.45, 2.75) is 26.3 Å². The lowest BCUT2D eigenvalue weighted by Crippen LogP contribution is -2.17. The number of nitrogens with one attached hydrogen (secondary N) is 2. The Kier molecular flexibility index (Phi) is 5.65. The van der Waals surface area contributed by atoms with E-state index >= 15 is 0 Å². The molecule has 2 N–H and O–H groups in total. The monoisotopic (exact) mass is 367 g/mol. The number of hydrogen-bond acceptors (Lipinski definition) is 5. The topological polar surface area (TPSA) is 102 Å². The van der Waals surface area contributed by atoms with Gasteiger partial charge < -0.3 is 15.2 Å². The number of carbonyl (C=O) groups excluding carboxylic acids is 2. The molecule has 0 aliphatic rings. The third kappa shape index (κ3) is 4.41. The molecule has 140 valence electrons. The van der Waals surface area contributed by atoms with Crippen molar-refractivity contribution in [2.75, 3.05) is 12.4 Å². The number of aromatic nitrogens is 3. The summed E-state index contributed by atoms with van der Waals surface area (Å²) >= 11 is 0. The minimum absolute atomic E-state index is 0.00735. The van der Waals surface area contributed by atoms with E-state index in [1.165, 1.54) is 0 Å². The van der Waals surface area contributed by atoms with Gasteiger partial charge in [0.15, 0.2) is 0 Å². The molecule has 8 heteroatoms. The molecule has 3 rings (SSSR count). The molecule has 0 radical (unpaired) electrons. The molecule has 0 bridgehead atoms. The van der Waals surface area contributed by atoms with Gasteiger partial charge in [0, 0.05) is 31.8 Å². The molecule has 0 saturated heterocycles. The Morgan fingerprint density at radius 1 is 1.22 bits per heavy atom. The van der Waals surface area contributed by atoms with Crippen LogP contribution in [0, 0.1) is 6.92 Å². The maximum absolute atomic E-state index is 12.7. The zero-order chi connectivity index (χ0) is 19.2. The molecule has 2 heterocycles. The molecular weight excluding hydrogens is 346 g/mol. The smallest absolute Gasteiger partial charge is 0.261 e. The Bertz CT molecular complexity index is 930. The van der Waals surface area contributed by atoms with Crippen LogP contribution in [0.15, 0.2) is 47.2 Å². The van der Waals surface area contributed by atoms with Crippen molar-refractivity contribution in [2.24, 2.45) is 0 Å². The van der Waals surface area contributed by atoms with Crippen molar-refractivity contribution in [3.05, 3.63) is 54.0 Å². The lowest BCUT2D eigenvalue weighted by Gasteiger charge is -2.04. The van der Waals surface area contributed by atoms with Gasteiger partial charge in [0.25, 0.3) is 5.91 Å². The number of nitrogens with zero attached hydrogens (tertiary/aromatic N) is 3. The van der Waals surface area contributed by atoms with Crippen LogP contribution in [0.3, 0.4) is 0 Å². The third-order valence-corrected chi connectivity index (χ3v) is 4.10. The third-order valence-electron chi connectivity index (χ3n) is 4.10. The Hall–Kier alpha value is -3.42. The van der Waals surface area contributed by atoms with Crippen LogP contribution in [0.5, 0.6) is 0 Å². The molecule has 0 fully saturated rings. The van der Waals surface area contributed by atoms with E-state index in [2.05, 4.69) is 20.9 Å². The lowest BCUT2D eigenvalue weighted by molar-refractivity contribution is -0.120. The molecule has 0 saturated carbocycles. The van der Waals surface area contributed by atoms with Crippen LogP contribution in [0.25, 0.3) is 11.3 Å². The minimum atomic E-state index is -0.308. The Morgan fingerprint density at radius 2 is 2.00 bits per heavy atom. The molecule has 8 nitrogen and oxygen atoms in total. The first-order chi connectivity index (χ1) is 13.1. The number of anilines is 1. The second-order valence-electron chi connectivity index (χ2n) is 6.05. The summed E-state index contributed by atoms with van der Waals surface area (Å²) in [6, 6.07) is 9.40. The standard InChI is InChI=1S/C19H21N5O3/c1-13-17(18(23-27-13)14-7-4-3-5-8-14)19(26)22-15-11-21-24(12-15)10-6-9-16(25)20-2/h3-5,7-8,11-12H,6,9-10H2,1-2H3,(H,20,25)(H,22,26). The number of aryl methyl sites for hydroxylation is 2. The first-order valence-electron chi connectivity index (χ1n) is 8.64. The normalized spacial score (nSPS) is 10.6. The maximum atomic E-state index is 12.7. The van der Waals surface area contributed by atoms with Crippen molar-refractivity contribution in [1.82, 2.24) is 20.3 Å². The van der Waals surface area contributed by atoms with Gasteiger partial charge in [0.05, 0.1) is 11.9 Å². The molecule has 0 aliphatic carbocycles. The molecule has 0 atom stereocenters. The molecule has 0 spiro atoms. The maximum Gasteiger partial charge on any atom is 0.261 e. The fraction of sp³-hybridized carbons (Fsp3) is 0.263. The van der Waals surface area contributed by atoms with Crippen molar-refractivity contribution in [1.29, 1.82) is 0 Å². The molecule has 2 aromatic heterocycles. The Balaban J connectivity index is 1.68. The Labute approximate surface area is 156 Å². The molecule has 3 aromatic rings. The summed E-state index contributed by atoms with van der Waals surface area (Å²) in [7, 11) is 1.61. The van der Waals surface area contributed by atoms with Gasteiger partial charge in [-0.3, -0.25) is 14.3 Å². The first-order valence-corrected chi connectivity index (χ1v) is 8.64. The van der Waals surface area contributed by atoms with Gasteiger partial charge in [-0.1, -0.05) is 35.5 Å². The largest absolute Gasteiger partial charge is 0.360 e. The predicted molar refractivity (Wildman–Crippen MR) is 100 cm³/mol. The summed E-state index contributed by atoms with van der Waals surface area (Å²) < 4.78 is 6.92. The molecule has 0 unspecified atom stereocenters. The van der Waals surface area contributed by atoms with E-state index in [0.29, 0.717) is 42.1 Å². The fourth-order valence-corrected chi connectivity index (χ4v) is 2.70. The SMILES string of the molecule is CNC(=O)CCCn1cc(NC(=O)c2c(-c3ccccc3)noc2C)cn1. The van der Waals surface area contributed by atoms with E-state index in [4.69, 9.17) is 4.52 Å². The van der Waals surface area contributed by atoms with Crippen LogP contribution in [-0.2, 0) is 11.3 Å². The zero-order valence-corrected chi connectivity index (χ0v) is 15.2. The van der Waals surface area contributed by atoms with Crippen molar-refractivity contribution in [3.63, 3.8) is 0 Å². The molecule has 1 aromatic carbocycles. The van der Waals surface area contributed by atoms with Crippen LogP contribution in [0.1, 0.15) is 29.0 Å². The second-order valence-corrected chi connectivity index (χ2v) is 6.05. The van der Waals surface area contributed by atoms with E-state index in [-0.39, 0.29) is 11.8 Å². The highest BCUT2D eigenvalue weighted by atomic mass is 16.5. The van der Waals surface area contributed by atoms with Gasteiger partial charge in [-0.05, 0) is 13.3 Å². The van der Waals surface area contributed by atoms with Crippen molar-refractivity contribution >= 4 is 17.5 Å². The van der Waals surface area contributed by atoms with E-state index in [1.807, 2.05) is 30.3 Å². The van der Waals surface area contributed by atoms with Crippen molar-refractivity contribution in [3.8, 4) is 11.3 Å². The van der Waals surface area contributed by atoms with Crippen LogP contribution < -0.4 is 10.6 Å². The summed E-state index contributed by atoms with van der Waals surface area (Å²) in [6.07, 6.45) is 4.39. The van der Waals surface area contributed by atoms with Gasteiger partial charge in [-0.2, -0.15) is 5.10 Å². The quantitative estimate of drug-likeness (QED) is 0.668. The van der Waals surface area contributed by atoms with Gasteiger partial charge >= 0.3 is 0 Å². The average molecular weight is 367 g/mol. The summed E-state index contributed by atoms with van der Waals surface area (Å²) in [6.45, 7) is 2.29. The summed E-state index contributed by atoms with van der Waals surface area (Å²) in [5, 5.41) is 13.6. The number of hydrogen-bond donors (Lipinski definition) is 2. The zero-order valence-electron chi connectivity index (χ0n) is 15.2. The number of rotatable bonds is 7. The summed E-state index contributed by atoms with van der Waals surface area (Å²) in [5.41, 5.74) is 2.28. The van der Waals surface area contributed by atoms with E-state index in [9.17, 15) is 9.59 Å². The van der Waals surface area contributed by atoms with Gasteiger partial charge in [0.1, 0.15) is 17.0 Å². The first kappa shape index (κ1) is 18.4. The number of amides is 2. The van der Waals surface area contributed by atoms with E-state index in [0.717, 1.165) is 5.56 Å². The fourth-order valence-electron chi connectivity index (χ4n) is 2.70. The number of carbonyl (C=O) groups is 2. The van der Waals surface area contributed by atoms with Crippen LogP contribution >= 0.6 is 0 Å². The van der Waals surface area contributed by atoms with Gasteiger partial charge in [0.2, 0.25) is 5.91 Å².